The van der Waals surface area contributed by atoms with Crippen molar-refractivity contribution in [2.75, 3.05) is 18.6 Å². The minimum absolute atomic E-state index is 0.319. The van der Waals surface area contributed by atoms with Crippen LogP contribution in [-0.4, -0.2) is 39.3 Å². The summed E-state index contributed by atoms with van der Waals surface area (Å²) in [5.74, 6) is 2.55. The van der Waals surface area contributed by atoms with Crippen LogP contribution in [-0.2, 0) is 17.5 Å². The molecule has 1 fully saturated rings. The molecule has 0 amide bonds. The zero-order chi connectivity index (χ0) is 17.7. The second-order valence-electron chi connectivity index (χ2n) is 4.53. The molecule has 2 heterocycles. The largest absolute Gasteiger partial charge is 0.506 e. The lowest BCUT2D eigenvalue weighted by Gasteiger charge is -2.09. The first-order valence-corrected chi connectivity index (χ1v) is 9.83. The van der Waals surface area contributed by atoms with Crippen LogP contribution in [0.1, 0.15) is 44.0 Å². The fourth-order valence-electron chi connectivity index (χ4n) is 1.93. The molecule has 1 saturated heterocycles. The van der Waals surface area contributed by atoms with Crippen LogP contribution in [0.2, 0.25) is 0 Å². The van der Waals surface area contributed by atoms with Gasteiger partial charge in [-0.05, 0) is 31.1 Å². The summed E-state index contributed by atoms with van der Waals surface area (Å²) in [6.07, 6.45) is 3.83. The zero-order valence-electron chi connectivity index (χ0n) is 14.7. The quantitative estimate of drug-likeness (QED) is 0.797. The van der Waals surface area contributed by atoms with E-state index < -0.39 is 0 Å². The number of aromatic nitrogens is 1. The van der Waals surface area contributed by atoms with Crippen molar-refractivity contribution in [2.24, 2.45) is 4.99 Å². The molecule has 2 rings (SSSR count). The van der Waals surface area contributed by atoms with E-state index in [1.54, 1.807) is 0 Å². The maximum atomic E-state index is 10.0. The van der Waals surface area contributed by atoms with Crippen LogP contribution in [0.5, 0.6) is 5.75 Å². The summed E-state index contributed by atoms with van der Waals surface area (Å²) < 4.78 is 4.12. The van der Waals surface area contributed by atoms with Gasteiger partial charge in [-0.3, -0.25) is 9.98 Å². The number of aliphatic imine (C=N–C) groups is 1. The fourth-order valence-corrected chi connectivity index (χ4v) is 2.93. The molecule has 0 saturated carbocycles. The highest BCUT2D eigenvalue weighted by Crippen LogP contribution is 2.25. The first kappa shape index (κ1) is 22.3. The van der Waals surface area contributed by atoms with E-state index in [9.17, 15) is 5.11 Å². The van der Waals surface area contributed by atoms with Gasteiger partial charge in [0.05, 0.1) is 12.2 Å². The molecule has 7 heteroatoms. The summed E-state index contributed by atoms with van der Waals surface area (Å²) >= 11 is 1.93. The average molecular weight is 360 g/mol. The monoisotopic (exact) mass is 360 g/mol. The van der Waals surface area contributed by atoms with E-state index in [1.165, 1.54) is 18.6 Å². The molecule has 0 aromatic carbocycles. The Bertz CT molecular complexity index is 475. The molecule has 132 valence electrons. The molecule has 23 heavy (non-hydrogen) atoms. The molecule has 0 bridgehead atoms. The van der Waals surface area contributed by atoms with E-state index >= 15 is 0 Å². The number of aryl methyl sites for hydroxylation is 2. The lowest BCUT2D eigenvalue weighted by molar-refractivity contribution is 0.413. The van der Waals surface area contributed by atoms with Crippen LogP contribution in [0.25, 0.3) is 0 Å². The highest BCUT2D eigenvalue weighted by atomic mass is 32.2. The van der Waals surface area contributed by atoms with Crippen LogP contribution < -0.4 is 0 Å². The minimum Gasteiger partial charge on any atom is -0.506 e. The standard InChI is InChI=1S/C13H18N2OS.C2H6.CH5O2P/c1-3-10-6-14-9(2)13(16)12(10)7-15-11-4-5-17-8-11;1-2;1-3-4-2/h6,16H,3-5,7-8H2,1-2H3;1-2H3;2,4H,1H3. The Morgan fingerprint density at radius 2 is 2.09 bits per heavy atom. The van der Waals surface area contributed by atoms with Crippen molar-refractivity contribution in [1.82, 2.24) is 4.98 Å². The van der Waals surface area contributed by atoms with Gasteiger partial charge in [-0.25, -0.2) is 0 Å². The number of thioether (sulfide) groups is 1. The Kier molecular flexibility index (Phi) is 13.3. The van der Waals surface area contributed by atoms with Gasteiger partial charge in [0, 0.05) is 30.3 Å². The van der Waals surface area contributed by atoms with E-state index in [4.69, 9.17) is 4.89 Å². The minimum atomic E-state index is -0.360. The van der Waals surface area contributed by atoms with E-state index in [0.717, 1.165) is 29.7 Å². The third-order valence-corrected chi connectivity index (χ3v) is 4.38. The topological polar surface area (TPSA) is 74.9 Å². The van der Waals surface area contributed by atoms with Gasteiger partial charge in [0.1, 0.15) is 5.75 Å². The van der Waals surface area contributed by atoms with E-state index in [-0.39, 0.29) is 9.03 Å². The molecule has 0 radical (unpaired) electrons. The first-order valence-electron chi connectivity index (χ1n) is 7.82. The summed E-state index contributed by atoms with van der Waals surface area (Å²) in [6.45, 7) is 8.50. The highest BCUT2D eigenvalue weighted by molar-refractivity contribution is 8.00. The molecule has 1 unspecified atom stereocenters. The van der Waals surface area contributed by atoms with Crippen molar-refractivity contribution < 1.29 is 14.5 Å². The maximum absolute atomic E-state index is 10.0. The van der Waals surface area contributed by atoms with Gasteiger partial charge in [-0.2, -0.15) is 11.8 Å². The van der Waals surface area contributed by atoms with E-state index in [0.29, 0.717) is 18.0 Å². The number of hydrogen-bond donors (Lipinski definition) is 2. The van der Waals surface area contributed by atoms with Crippen LogP contribution in [0, 0.1) is 6.92 Å². The van der Waals surface area contributed by atoms with Crippen molar-refractivity contribution in [3.8, 4) is 5.75 Å². The highest BCUT2D eigenvalue weighted by Gasteiger charge is 2.12. The molecule has 1 aliphatic heterocycles. The van der Waals surface area contributed by atoms with Crippen molar-refractivity contribution in [3.05, 3.63) is 23.0 Å². The number of aromatic hydroxyl groups is 1. The summed E-state index contributed by atoms with van der Waals surface area (Å²) in [5, 5.41) is 10.0. The molecular weight excluding hydrogens is 331 g/mol. The predicted octanol–water partition coefficient (Wildman–Crippen LogP) is 3.90. The zero-order valence-corrected chi connectivity index (χ0v) is 16.5. The maximum Gasteiger partial charge on any atom is 0.151 e. The van der Waals surface area contributed by atoms with Gasteiger partial charge < -0.3 is 14.5 Å². The third kappa shape index (κ3) is 8.11. The Morgan fingerprint density at radius 1 is 1.43 bits per heavy atom. The summed E-state index contributed by atoms with van der Waals surface area (Å²) in [4.78, 5) is 16.5. The molecule has 1 atom stereocenters. The first-order chi connectivity index (χ1) is 11.1. The number of pyridine rings is 1. The van der Waals surface area contributed by atoms with Gasteiger partial charge in [0.15, 0.2) is 9.03 Å². The second kappa shape index (κ2) is 13.7. The van der Waals surface area contributed by atoms with Gasteiger partial charge >= 0.3 is 0 Å². The summed E-state index contributed by atoms with van der Waals surface area (Å²) in [5.41, 5.74) is 4.01. The molecular formula is C16H29N2O3PS. The smallest absolute Gasteiger partial charge is 0.151 e. The lowest BCUT2D eigenvalue weighted by atomic mass is 10.1. The van der Waals surface area contributed by atoms with Crippen LogP contribution in [0.3, 0.4) is 0 Å². The van der Waals surface area contributed by atoms with Gasteiger partial charge in [-0.1, -0.05) is 20.8 Å². The van der Waals surface area contributed by atoms with Crippen molar-refractivity contribution in [3.63, 3.8) is 0 Å². The average Bonchev–Trinajstić information content (AvgIpc) is 3.11. The van der Waals surface area contributed by atoms with Crippen LogP contribution in [0.15, 0.2) is 11.2 Å². The Hall–Kier alpha value is -0.680. The van der Waals surface area contributed by atoms with Crippen molar-refractivity contribution in [1.29, 1.82) is 0 Å². The Balaban J connectivity index is 0.000000705. The van der Waals surface area contributed by atoms with E-state index in [2.05, 4.69) is 21.4 Å². The second-order valence-corrected chi connectivity index (χ2v) is 6.23. The third-order valence-electron chi connectivity index (χ3n) is 3.17. The molecule has 0 spiro atoms. The lowest BCUT2D eigenvalue weighted by Crippen LogP contribution is -2.00. The molecule has 0 aliphatic carbocycles. The molecule has 1 aromatic heterocycles. The molecule has 5 nitrogen and oxygen atoms in total. The molecule has 1 aliphatic rings. The summed E-state index contributed by atoms with van der Waals surface area (Å²) in [6, 6.07) is 0. The van der Waals surface area contributed by atoms with Crippen molar-refractivity contribution in [2.45, 2.75) is 47.1 Å². The number of nitrogens with zero attached hydrogens (tertiary/aromatic N) is 2. The Labute approximate surface area is 145 Å². The van der Waals surface area contributed by atoms with E-state index in [1.807, 2.05) is 38.7 Å². The van der Waals surface area contributed by atoms with Crippen molar-refractivity contribution >= 4 is 26.5 Å². The van der Waals surface area contributed by atoms with Gasteiger partial charge in [-0.15, -0.1) is 0 Å². The number of rotatable bonds is 4. The van der Waals surface area contributed by atoms with Crippen LogP contribution in [0.4, 0.5) is 0 Å². The predicted molar refractivity (Wildman–Crippen MR) is 102 cm³/mol. The summed E-state index contributed by atoms with van der Waals surface area (Å²) in [7, 11) is 1.08. The molecule has 2 N–H and O–H groups in total. The van der Waals surface area contributed by atoms with Gasteiger partial charge in [0.25, 0.3) is 0 Å². The number of hydrogen-bond acceptors (Lipinski definition) is 6. The Morgan fingerprint density at radius 3 is 2.57 bits per heavy atom. The SMILES string of the molecule is CC.CCc1cnc(C)c(O)c1CN=C1CCSC1.COPO. The van der Waals surface area contributed by atoms with Crippen LogP contribution >= 0.6 is 20.8 Å². The molecule has 1 aromatic rings. The normalized spacial score (nSPS) is 15.3. The van der Waals surface area contributed by atoms with Gasteiger partial charge in [0.2, 0.25) is 0 Å². The fraction of sp³-hybridized carbons (Fsp3) is 0.625.